The van der Waals surface area contributed by atoms with Crippen molar-refractivity contribution in [3.8, 4) is 0 Å². The van der Waals surface area contributed by atoms with Gasteiger partial charge < -0.3 is 10.2 Å². The zero-order valence-electron chi connectivity index (χ0n) is 11.5. The fraction of sp³-hybridized carbons (Fsp3) is 0.467. The Labute approximate surface area is 113 Å². The third-order valence-corrected chi connectivity index (χ3v) is 3.37. The molecule has 0 aromatic heterocycles. The molecule has 0 atom stereocenters. The third kappa shape index (κ3) is 2.95. The number of nitrogens with zero attached hydrogens (tertiary/aromatic N) is 1. The number of rotatable bonds is 5. The smallest absolute Gasteiger partial charge is 0.231 e. The molecule has 1 heterocycles. The van der Waals surface area contributed by atoms with Crippen LogP contribution in [-0.4, -0.2) is 18.4 Å². The van der Waals surface area contributed by atoms with Gasteiger partial charge in [-0.15, -0.1) is 0 Å². The van der Waals surface area contributed by atoms with E-state index < -0.39 is 0 Å². The summed E-state index contributed by atoms with van der Waals surface area (Å²) < 4.78 is 0. The van der Waals surface area contributed by atoms with Gasteiger partial charge in [0.2, 0.25) is 11.8 Å². The quantitative estimate of drug-likeness (QED) is 0.885. The molecule has 0 aliphatic carbocycles. The summed E-state index contributed by atoms with van der Waals surface area (Å²) in [6.45, 7) is 4.72. The monoisotopic (exact) mass is 260 g/mol. The SMILES string of the molecule is CCCCC(=O)Nc1ccc2c(c1)CC(=O)N2CC. The maximum Gasteiger partial charge on any atom is 0.231 e. The molecule has 0 spiro atoms. The van der Waals surface area contributed by atoms with Crippen molar-refractivity contribution in [3.05, 3.63) is 23.8 Å². The summed E-state index contributed by atoms with van der Waals surface area (Å²) in [7, 11) is 0. The normalized spacial score (nSPS) is 13.6. The van der Waals surface area contributed by atoms with Gasteiger partial charge in [0, 0.05) is 24.3 Å². The molecule has 2 amide bonds. The molecule has 1 N–H and O–H groups in total. The van der Waals surface area contributed by atoms with Gasteiger partial charge in [-0.25, -0.2) is 0 Å². The highest BCUT2D eigenvalue weighted by Crippen LogP contribution is 2.30. The first kappa shape index (κ1) is 13.6. The van der Waals surface area contributed by atoms with Crippen molar-refractivity contribution in [1.29, 1.82) is 0 Å². The van der Waals surface area contributed by atoms with Crippen LogP contribution in [0.5, 0.6) is 0 Å². The average molecular weight is 260 g/mol. The minimum atomic E-state index is 0.0403. The Balaban J connectivity index is 2.09. The molecular formula is C15H20N2O2. The standard InChI is InChI=1S/C15H20N2O2/c1-3-5-6-14(18)16-12-7-8-13-11(9-12)10-15(19)17(13)4-2/h7-9H,3-6,10H2,1-2H3,(H,16,18). The molecule has 19 heavy (non-hydrogen) atoms. The number of nitrogens with one attached hydrogen (secondary N) is 1. The number of anilines is 2. The lowest BCUT2D eigenvalue weighted by Gasteiger charge is -2.14. The van der Waals surface area contributed by atoms with Crippen LogP contribution in [0.15, 0.2) is 18.2 Å². The molecule has 4 nitrogen and oxygen atoms in total. The lowest BCUT2D eigenvalue weighted by Crippen LogP contribution is -2.25. The van der Waals surface area contributed by atoms with Crippen LogP contribution in [0.1, 0.15) is 38.7 Å². The summed E-state index contributed by atoms with van der Waals surface area (Å²) in [5.74, 6) is 0.172. The van der Waals surface area contributed by atoms with Gasteiger partial charge in [0.15, 0.2) is 0 Å². The predicted molar refractivity (Wildman–Crippen MR) is 76.3 cm³/mol. The van der Waals surface area contributed by atoms with E-state index in [9.17, 15) is 9.59 Å². The summed E-state index contributed by atoms with van der Waals surface area (Å²) in [6, 6.07) is 5.69. The van der Waals surface area contributed by atoms with Crippen LogP contribution in [0.4, 0.5) is 11.4 Å². The van der Waals surface area contributed by atoms with E-state index in [-0.39, 0.29) is 11.8 Å². The largest absolute Gasteiger partial charge is 0.326 e. The minimum Gasteiger partial charge on any atom is -0.326 e. The van der Waals surface area contributed by atoms with Gasteiger partial charge in [0.25, 0.3) is 0 Å². The Morgan fingerprint density at radius 1 is 1.37 bits per heavy atom. The highest BCUT2D eigenvalue weighted by molar-refractivity contribution is 6.02. The first-order valence-corrected chi connectivity index (χ1v) is 6.88. The molecule has 1 aliphatic heterocycles. The van der Waals surface area contributed by atoms with Gasteiger partial charge in [-0.2, -0.15) is 0 Å². The van der Waals surface area contributed by atoms with E-state index in [0.717, 1.165) is 29.8 Å². The molecule has 1 aromatic carbocycles. The summed E-state index contributed by atoms with van der Waals surface area (Å²) in [6.07, 6.45) is 2.89. The molecule has 1 aromatic rings. The molecule has 1 aliphatic rings. The van der Waals surface area contributed by atoms with Crippen molar-refractivity contribution < 1.29 is 9.59 Å². The van der Waals surface area contributed by atoms with Gasteiger partial charge >= 0.3 is 0 Å². The number of carbonyl (C=O) groups is 2. The summed E-state index contributed by atoms with van der Waals surface area (Å²) in [4.78, 5) is 25.2. The van der Waals surface area contributed by atoms with E-state index in [1.54, 1.807) is 4.90 Å². The van der Waals surface area contributed by atoms with Crippen molar-refractivity contribution in [1.82, 2.24) is 0 Å². The average Bonchev–Trinajstić information content (AvgIpc) is 2.70. The predicted octanol–water partition coefficient (Wildman–Crippen LogP) is 2.72. The Kier molecular flexibility index (Phi) is 4.20. The number of carbonyl (C=O) groups excluding carboxylic acids is 2. The fourth-order valence-electron chi connectivity index (χ4n) is 2.37. The second-order valence-electron chi connectivity index (χ2n) is 4.81. The first-order chi connectivity index (χ1) is 9.15. The van der Waals surface area contributed by atoms with Crippen LogP contribution < -0.4 is 10.2 Å². The van der Waals surface area contributed by atoms with Gasteiger partial charge in [-0.3, -0.25) is 9.59 Å². The molecular weight excluding hydrogens is 240 g/mol. The maximum absolute atomic E-state index is 11.8. The van der Waals surface area contributed by atoms with Crippen molar-refractivity contribution in [2.75, 3.05) is 16.8 Å². The molecule has 0 radical (unpaired) electrons. The minimum absolute atomic E-state index is 0.0403. The number of benzene rings is 1. The topological polar surface area (TPSA) is 49.4 Å². The molecule has 0 fully saturated rings. The second kappa shape index (κ2) is 5.87. The van der Waals surface area contributed by atoms with E-state index in [1.165, 1.54) is 0 Å². The van der Waals surface area contributed by atoms with E-state index in [1.807, 2.05) is 25.1 Å². The first-order valence-electron chi connectivity index (χ1n) is 6.88. The molecule has 0 bridgehead atoms. The van der Waals surface area contributed by atoms with E-state index in [2.05, 4.69) is 12.2 Å². The van der Waals surface area contributed by atoms with Gasteiger partial charge in [-0.05, 0) is 37.1 Å². The number of hydrogen-bond acceptors (Lipinski definition) is 2. The van der Waals surface area contributed by atoms with E-state index >= 15 is 0 Å². The Morgan fingerprint density at radius 3 is 2.84 bits per heavy atom. The summed E-state index contributed by atoms with van der Waals surface area (Å²) >= 11 is 0. The Bertz CT molecular complexity index is 497. The van der Waals surface area contributed by atoms with Gasteiger partial charge in [0.1, 0.15) is 0 Å². The fourth-order valence-corrected chi connectivity index (χ4v) is 2.37. The van der Waals surface area contributed by atoms with Crippen LogP contribution in [0.3, 0.4) is 0 Å². The van der Waals surface area contributed by atoms with Crippen molar-refractivity contribution in [2.45, 2.75) is 39.5 Å². The summed E-state index contributed by atoms with van der Waals surface area (Å²) in [5, 5.41) is 2.89. The number of unbranched alkanes of at least 4 members (excludes halogenated alkanes) is 1. The van der Waals surface area contributed by atoms with Gasteiger partial charge in [0.05, 0.1) is 6.42 Å². The lowest BCUT2D eigenvalue weighted by molar-refractivity contribution is -0.117. The zero-order chi connectivity index (χ0) is 13.8. The molecule has 0 saturated heterocycles. The summed E-state index contributed by atoms with van der Waals surface area (Å²) in [5.41, 5.74) is 2.75. The number of likely N-dealkylation sites (N-methyl/N-ethyl adjacent to an activating group) is 1. The molecule has 4 heteroatoms. The van der Waals surface area contributed by atoms with E-state index in [4.69, 9.17) is 0 Å². The van der Waals surface area contributed by atoms with Crippen molar-refractivity contribution in [2.24, 2.45) is 0 Å². The zero-order valence-corrected chi connectivity index (χ0v) is 11.5. The highest BCUT2D eigenvalue weighted by atomic mass is 16.2. The number of fused-ring (bicyclic) bond motifs is 1. The van der Waals surface area contributed by atoms with Crippen LogP contribution >= 0.6 is 0 Å². The van der Waals surface area contributed by atoms with Crippen LogP contribution in [0.25, 0.3) is 0 Å². The van der Waals surface area contributed by atoms with E-state index in [0.29, 0.717) is 19.4 Å². The lowest BCUT2D eigenvalue weighted by atomic mass is 10.1. The number of amides is 2. The van der Waals surface area contributed by atoms with Gasteiger partial charge in [-0.1, -0.05) is 13.3 Å². The number of hydrogen-bond donors (Lipinski definition) is 1. The van der Waals surface area contributed by atoms with Crippen molar-refractivity contribution in [3.63, 3.8) is 0 Å². The molecule has 0 unspecified atom stereocenters. The molecule has 0 saturated carbocycles. The Morgan fingerprint density at radius 2 is 2.16 bits per heavy atom. The van der Waals surface area contributed by atoms with Crippen LogP contribution in [0, 0.1) is 0 Å². The molecule has 102 valence electrons. The maximum atomic E-state index is 11.8. The van der Waals surface area contributed by atoms with Crippen molar-refractivity contribution >= 4 is 23.2 Å². The second-order valence-corrected chi connectivity index (χ2v) is 4.81. The third-order valence-electron chi connectivity index (χ3n) is 3.37. The highest BCUT2D eigenvalue weighted by Gasteiger charge is 2.25. The van der Waals surface area contributed by atoms with Crippen LogP contribution in [-0.2, 0) is 16.0 Å². The molecule has 2 rings (SSSR count). The van der Waals surface area contributed by atoms with Crippen LogP contribution in [0.2, 0.25) is 0 Å². The Hall–Kier alpha value is -1.84.